The lowest BCUT2D eigenvalue weighted by atomic mass is 10.2. The van der Waals surface area contributed by atoms with Crippen LogP contribution in [0.5, 0.6) is 0 Å². The predicted molar refractivity (Wildman–Crippen MR) is 75.5 cm³/mol. The van der Waals surface area contributed by atoms with Gasteiger partial charge in [0.05, 0.1) is 6.61 Å². The molecule has 1 rings (SSSR count). The summed E-state index contributed by atoms with van der Waals surface area (Å²) in [5.74, 6) is 1.27. The van der Waals surface area contributed by atoms with Crippen molar-refractivity contribution in [1.82, 2.24) is 9.97 Å². The number of aryl methyl sites for hydroxylation is 1. The Balaban J connectivity index is 2.68. The highest BCUT2D eigenvalue weighted by Gasteiger charge is 2.27. The summed E-state index contributed by atoms with van der Waals surface area (Å²) in [6.45, 7) is 5.50. The van der Waals surface area contributed by atoms with Crippen molar-refractivity contribution in [3.05, 3.63) is 17.1 Å². The van der Waals surface area contributed by atoms with Gasteiger partial charge in [-0.05, 0) is 19.8 Å². The first-order valence-corrected chi connectivity index (χ1v) is 7.12. The molecule has 0 aliphatic heterocycles. The maximum atomic E-state index is 12.0. The minimum absolute atomic E-state index is 0.0427. The van der Waals surface area contributed by atoms with Gasteiger partial charge >= 0.3 is 6.18 Å². The molecular formula is C14H22F3N3O. The third-order valence-corrected chi connectivity index (χ3v) is 2.91. The van der Waals surface area contributed by atoms with E-state index in [2.05, 4.69) is 26.9 Å². The SMILES string of the molecule is CCCNc1nc(CCOCC(F)(F)F)nc(CC)c1C. The monoisotopic (exact) mass is 305 g/mol. The summed E-state index contributed by atoms with van der Waals surface area (Å²) in [6, 6.07) is 0. The summed E-state index contributed by atoms with van der Waals surface area (Å²) in [4.78, 5) is 8.75. The van der Waals surface area contributed by atoms with Crippen LogP contribution >= 0.6 is 0 Å². The van der Waals surface area contributed by atoms with E-state index in [9.17, 15) is 13.2 Å². The van der Waals surface area contributed by atoms with Gasteiger partial charge in [-0.1, -0.05) is 13.8 Å². The Morgan fingerprint density at radius 3 is 2.48 bits per heavy atom. The van der Waals surface area contributed by atoms with Crippen molar-refractivity contribution in [2.45, 2.75) is 46.2 Å². The van der Waals surface area contributed by atoms with Crippen molar-refractivity contribution < 1.29 is 17.9 Å². The molecule has 0 saturated heterocycles. The van der Waals surface area contributed by atoms with E-state index >= 15 is 0 Å². The summed E-state index contributed by atoms with van der Waals surface area (Å²) >= 11 is 0. The van der Waals surface area contributed by atoms with E-state index in [4.69, 9.17) is 0 Å². The molecule has 1 aromatic rings. The second kappa shape index (κ2) is 8.17. The molecule has 0 spiro atoms. The summed E-state index contributed by atoms with van der Waals surface area (Å²) in [5.41, 5.74) is 1.90. The Kier molecular flexibility index (Phi) is 6.87. The van der Waals surface area contributed by atoms with Gasteiger partial charge in [0.25, 0.3) is 0 Å². The van der Waals surface area contributed by atoms with Crippen LogP contribution in [-0.4, -0.2) is 35.9 Å². The molecule has 4 nitrogen and oxygen atoms in total. The number of alkyl halides is 3. The van der Waals surface area contributed by atoms with Gasteiger partial charge in [-0.15, -0.1) is 0 Å². The van der Waals surface area contributed by atoms with Crippen LogP contribution in [0.25, 0.3) is 0 Å². The zero-order valence-electron chi connectivity index (χ0n) is 12.7. The first-order chi connectivity index (χ1) is 9.87. The molecule has 1 heterocycles. The molecule has 0 atom stereocenters. The fourth-order valence-corrected chi connectivity index (χ4v) is 1.84. The van der Waals surface area contributed by atoms with Crippen LogP contribution < -0.4 is 5.32 Å². The molecular weight excluding hydrogens is 283 g/mol. The fraction of sp³-hybridized carbons (Fsp3) is 0.714. The Hall–Kier alpha value is -1.37. The molecule has 7 heteroatoms. The molecule has 1 N–H and O–H groups in total. The summed E-state index contributed by atoms with van der Waals surface area (Å²) in [6.07, 6.45) is -2.30. The molecule has 1 aromatic heterocycles. The second-order valence-electron chi connectivity index (χ2n) is 4.76. The van der Waals surface area contributed by atoms with Gasteiger partial charge in [-0.2, -0.15) is 13.2 Å². The topological polar surface area (TPSA) is 47.0 Å². The molecule has 0 amide bonds. The van der Waals surface area contributed by atoms with E-state index < -0.39 is 12.8 Å². The normalized spacial score (nSPS) is 11.7. The largest absolute Gasteiger partial charge is 0.411 e. The average molecular weight is 305 g/mol. The highest BCUT2D eigenvalue weighted by atomic mass is 19.4. The Bertz CT molecular complexity index is 450. The van der Waals surface area contributed by atoms with Crippen LogP contribution in [0, 0.1) is 6.92 Å². The molecule has 0 radical (unpaired) electrons. The van der Waals surface area contributed by atoms with Gasteiger partial charge in [0, 0.05) is 24.2 Å². The summed E-state index contributed by atoms with van der Waals surface area (Å²) in [7, 11) is 0. The second-order valence-corrected chi connectivity index (χ2v) is 4.76. The predicted octanol–water partition coefficient (Wildman–Crippen LogP) is 3.29. The van der Waals surface area contributed by atoms with Crippen LogP contribution in [0.2, 0.25) is 0 Å². The number of nitrogens with zero attached hydrogens (tertiary/aromatic N) is 2. The number of rotatable bonds is 8. The quantitative estimate of drug-likeness (QED) is 0.749. The molecule has 0 bridgehead atoms. The van der Waals surface area contributed by atoms with Gasteiger partial charge in [0.1, 0.15) is 18.2 Å². The number of ether oxygens (including phenoxy) is 1. The minimum Gasteiger partial charge on any atom is -0.372 e. The van der Waals surface area contributed by atoms with Gasteiger partial charge in [0.15, 0.2) is 0 Å². The smallest absolute Gasteiger partial charge is 0.372 e. The van der Waals surface area contributed by atoms with E-state index in [1.807, 2.05) is 13.8 Å². The zero-order valence-corrected chi connectivity index (χ0v) is 12.7. The lowest BCUT2D eigenvalue weighted by molar-refractivity contribution is -0.173. The van der Waals surface area contributed by atoms with Gasteiger partial charge in [-0.3, -0.25) is 0 Å². The standard InChI is InChI=1S/C14H22F3N3O/c1-4-7-18-13-10(3)11(5-2)19-12(20-13)6-8-21-9-14(15,16)17/h4-9H2,1-3H3,(H,18,19,20). The molecule has 0 unspecified atom stereocenters. The number of anilines is 1. The van der Waals surface area contributed by atoms with Crippen LogP contribution in [0.3, 0.4) is 0 Å². The van der Waals surface area contributed by atoms with Crippen LogP contribution in [0.1, 0.15) is 37.4 Å². The van der Waals surface area contributed by atoms with Crippen molar-refractivity contribution >= 4 is 5.82 Å². The lowest BCUT2D eigenvalue weighted by Crippen LogP contribution is -2.18. The third kappa shape index (κ3) is 6.29. The van der Waals surface area contributed by atoms with Gasteiger partial charge < -0.3 is 10.1 Å². The Labute approximate surface area is 123 Å². The van der Waals surface area contributed by atoms with Crippen molar-refractivity contribution in [3.8, 4) is 0 Å². The molecule has 21 heavy (non-hydrogen) atoms. The average Bonchev–Trinajstić information content (AvgIpc) is 2.42. The molecule has 0 fully saturated rings. The lowest BCUT2D eigenvalue weighted by Gasteiger charge is -2.13. The van der Waals surface area contributed by atoms with Crippen LogP contribution in [-0.2, 0) is 17.6 Å². The van der Waals surface area contributed by atoms with Crippen molar-refractivity contribution in [1.29, 1.82) is 0 Å². The van der Waals surface area contributed by atoms with E-state index in [1.54, 1.807) is 0 Å². The van der Waals surface area contributed by atoms with Crippen molar-refractivity contribution in [3.63, 3.8) is 0 Å². The third-order valence-electron chi connectivity index (χ3n) is 2.91. The number of aromatic nitrogens is 2. The van der Waals surface area contributed by atoms with Crippen LogP contribution in [0.15, 0.2) is 0 Å². The first kappa shape index (κ1) is 17.7. The number of halogens is 3. The number of hydrogen-bond donors (Lipinski definition) is 1. The van der Waals surface area contributed by atoms with Crippen molar-refractivity contribution in [2.75, 3.05) is 25.1 Å². The van der Waals surface area contributed by atoms with E-state index in [0.717, 1.165) is 36.5 Å². The molecule has 0 aliphatic rings. The maximum Gasteiger partial charge on any atom is 0.411 e. The Morgan fingerprint density at radius 1 is 1.19 bits per heavy atom. The Morgan fingerprint density at radius 2 is 1.90 bits per heavy atom. The van der Waals surface area contributed by atoms with Gasteiger partial charge in [-0.25, -0.2) is 9.97 Å². The first-order valence-electron chi connectivity index (χ1n) is 7.12. The summed E-state index contributed by atoms with van der Waals surface area (Å²) in [5, 5.41) is 3.22. The van der Waals surface area contributed by atoms with E-state index in [1.165, 1.54) is 0 Å². The number of hydrogen-bond acceptors (Lipinski definition) is 4. The van der Waals surface area contributed by atoms with E-state index in [0.29, 0.717) is 5.82 Å². The summed E-state index contributed by atoms with van der Waals surface area (Å²) < 4.78 is 40.6. The van der Waals surface area contributed by atoms with E-state index in [-0.39, 0.29) is 13.0 Å². The zero-order chi connectivity index (χ0) is 15.9. The van der Waals surface area contributed by atoms with Crippen molar-refractivity contribution in [2.24, 2.45) is 0 Å². The maximum absolute atomic E-state index is 12.0. The molecule has 0 aromatic carbocycles. The molecule has 120 valence electrons. The highest BCUT2D eigenvalue weighted by molar-refractivity contribution is 5.45. The minimum atomic E-state index is -4.30. The highest BCUT2D eigenvalue weighted by Crippen LogP contribution is 2.17. The number of nitrogens with one attached hydrogen (secondary N) is 1. The van der Waals surface area contributed by atoms with Crippen LogP contribution in [0.4, 0.5) is 19.0 Å². The fourth-order valence-electron chi connectivity index (χ4n) is 1.84. The van der Waals surface area contributed by atoms with Gasteiger partial charge in [0.2, 0.25) is 0 Å². The molecule has 0 saturated carbocycles. The molecule has 0 aliphatic carbocycles.